The van der Waals surface area contributed by atoms with Gasteiger partial charge in [-0.2, -0.15) is 4.31 Å². The van der Waals surface area contributed by atoms with Crippen molar-refractivity contribution in [2.24, 2.45) is 5.92 Å². The third-order valence-corrected chi connectivity index (χ3v) is 7.61. The molecule has 2 amide bonds. The molecule has 1 saturated heterocycles. The van der Waals surface area contributed by atoms with Gasteiger partial charge in [0.2, 0.25) is 15.9 Å². The first-order valence-corrected chi connectivity index (χ1v) is 11.9. The Labute approximate surface area is 185 Å². The first kappa shape index (κ1) is 22.2. The second kappa shape index (κ2) is 8.87. The van der Waals surface area contributed by atoms with E-state index in [1.807, 2.05) is 6.92 Å². The summed E-state index contributed by atoms with van der Waals surface area (Å²) in [6.07, 6.45) is 0.657. The van der Waals surface area contributed by atoms with Gasteiger partial charge in [0.1, 0.15) is 11.6 Å². The number of piperidine rings is 1. The second-order valence-electron chi connectivity index (χ2n) is 7.84. The van der Waals surface area contributed by atoms with Gasteiger partial charge in [-0.05, 0) is 61.7 Å². The third kappa shape index (κ3) is 4.46. The summed E-state index contributed by atoms with van der Waals surface area (Å²) in [7, 11) is -3.79. The van der Waals surface area contributed by atoms with E-state index in [4.69, 9.17) is 4.74 Å². The summed E-state index contributed by atoms with van der Waals surface area (Å²) in [6, 6.07) is 9.90. The Kier molecular flexibility index (Phi) is 6.16. The summed E-state index contributed by atoms with van der Waals surface area (Å²) < 4.78 is 46.2. The van der Waals surface area contributed by atoms with Crippen LogP contribution in [0.5, 0.6) is 5.75 Å². The second-order valence-corrected chi connectivity index (χ2v) is 9.77. The van der Waals surface area contributed by atoms with Crippen LogP contribution in [-0.2, 0) is 19.6 Å². The van der Waals surface area contributed by atoms with Crippen LogP contribution in [0.4, 0.5) is 15.8 Å². The van der Waals surface area contributed by atoms with Gasteiger partial charge in [-0.15, -0.1) is 0 Å². The largest absolute Gasteiger partial charge is 0.478 e. The van der Waals surface area contributed by atoms with Crippen LogP contribution in [0, 0.1) is 11.7 Å². The Morgan fingerprint density at radius 1 is 1.19 bits per heavy atom. The van der Waals surface area contributed by atoms with E-state index in [1.54, 1.807) is 6.07 Å². The van der Waals surface area contributed by atoms with Gasteiger partial charge >= 0.3 is 0 Å². The number of amides is 2. The molecule has 32 heavy (non-hydrogen) atoms. The number of ether oxygens (including phenoxy) is 1. The zero-order valence-corrected chi connectivity index (χ0v) is 18.3. The number of nitrogens with one attached hydrogen (secondary N) is 2. The quantitative estimate of drug-likeness (QED) is 0.712. The zero-order valence-electron chi connectivity index (χ0n) is 17.5. The number of carbonyl (C=O) groups excluding carboxylic acids is 2. The Bertz CT molecular complexity index is 1130. The molecule has 1 fully saturated rings. The molecule has 1 unspecified atom stereocenters. The lowest BCUT2D eigenvalue weighted by atomic mass is 9.97. The third-order valence-electron chi connectivity index (χ3n) is 5.72. The maximum Gasteiger partial charge on any atom is 0.265 e. The number of benzene rings is 2. The van der Waals surface area contributed by atoms with Crippen molar-refractivity contribution >= 4 is 33.2 Å². The Hall–Kier alpha value is -2.98. The van der Waals surface area contributed by atoms with E-state index in [2.05, 4.69) is 10.6 Å². The predicted octanol–water partition coefficient (Wildman–Crippen LogP) is 2.97. The van der Waals surface area contributed by atoms with E-state index >= 15 is 0 Å². The average Bonchev–Trinajstić information content (AvgIpc) is 2.79. The molecule has 2 aromatic rings. The molecule has 2 aliphatic rings. The van der Waals surface area contributed by atoms with Crippen LogP contribution < -0.4 is 15.4 Å². The summed E-state index contributed by atoms with van der Waals surface area (Å²) >= 11 is 0. The number of halogens is 1. The molecule has 1 atom stereocenters. The van der Waals surface area contributed by atoms with Crippen molar-refractivity contribution in [3.63, 3.8) is 0 Å². The van der Waals surface area contributed by atoms with E-state index in [9.17, 15) is 22.4 Å². The number of hydrogen-bond acceptors (Lipinski definition) is 5. The van der Waals surface area contributed by atoms with Gasteiger partial charge in [0, 0.05) is 24.7 Å². The maximum absolute atomic E-state index is 13.1. The first-order valence-electron chi connectivity index (χ1n) is 10.5. The number of rotatable bonds is 5. The highest BCUT2D eigenvalue weighted by Gasteiger charge is 2.33. The Morgan fingerprint density at radius 2 is 1.88 bits per heavy atom. The van der Waals surface area contributed by atoms with Crippen molar-refractivity contribution < 1.29 is 27.1 Å². The van der Waals surface area contributed by atoms with Crippen LogP contribution in [0.1, 0.15) is 26.2 Å². The molecule has 10 heteroatoms. The monoisotopic (exact) mass is 461 g/mol. The summed E-state index contributed by atoms with van der Waals surface area (Å²) in [5, 5.41) is 5.44. The van der Waals surface area contributed by atoms with Gasteiger partial charge in [-0.3, -0.25) is 9.59 Å². The number of sulfonamides is 1. The number of fused-ring (bicyclic) bond motifs is 1. The van der Waals surface area contributed by atoms with E-state index < -0.39 is 16.1 Å². The molecule has 0 bridgehead atoms. The van der Waals surface area contributed by atoms with Gasteiger partial charge in [-0.1, -0.05) is 6.92 Å². The van der Waals surface area contributed by atoms with E-state index in [0.29, 0.717) is 36.4 Å². The molecule has 0 aliphatic carbocycles. The molecule has 170 valence electrons. The van der Waals surface area contributed by atoms with Crippen molar-refractivity contribution in [1.29, 1.82) is 0 Å². The first-order chi connectivity index (χ1) is 15.3. The minimum atomic E-state index is -3.79. The Balaban J connectivity index is 1.41. The van der Waals surface area contributed by atoms with Crippen molar-refractivity contribution in [2.45, 2.75) is 37.2 Å². The van der Waals surface area contributed by atoms with E-state index in [-0.39, 0.29) is 41.5 Å². The lowest BCUT2D eigenvalue weighted by Crippen LogP contribution is -2.41. The SMILES string of the molecule is CCC1Oc2ccc(S(=O)(=O)N3CCC(C(=O)Nc4ccc(F)cc4)CC3)cc2NC1=O. The minimum absolute atomic E-state index is 0.0595. The van der Waals surface area contributed by atoms with Crippen LogP contribution in [0.15, 0.2) is 47.4 Å². The molecule has 2 heterocycles. The average molecular weight is 462 g/mol. The molecule has 2 N–H and O–H groups in total. The number of hydrogen-bond donors (Lipinski definition) is 2. The lowest BCUT2D eigenvalue weighted by Gasteiger charge is -2.31. The van der Waals surface area contributed by atoms with Gasteiger partial charge in [0.15, 0.2) is 6.10 Å². The highest BCUT2D eigenvalue weighted by atomic mass is 32.2. The number of anilines is 2. The van der Waals surface area contributed by atoms with Crippen molar-refractivity contribution in [3.05, 3.63) is 48.3 Å². The van der Waals surface area contributed by atoms with Gasteiger partial charge < -0.3 is 15.4 Å². The van der Waals surface area contributed by atoms with Crippen molar-refractivity contribution in [1.82, 2.24) is 4.31 Å². The smallest absolute Gasteiger partial charge is 0.265 e. The van der Waals surface area contributed by atoms with Gasteiger partial charge in [0.25, 0.3) is 5.91 Å². The molecular formula is C22H24FN3O5S. The van der Waals surface area contributed by atoms with Crippen LogP contribution in [0.3, 0.4) is 0 Å². The van der Waals surface area contributed by atoms with Gasteiger partial charge in [0.05, 0.1) is 10.6 Å². The normalized spacial score (nSPS) is 19.6. The summed E-state index contributed by atoms with van der Waals surface area (Å²) in [5.41, 5.74) is 0.824. The lowest BCUT2D eigenvalue weighted by molar-refractivity contribution is -0.123. The van der Waals surface area contributed by atoms with Crippen LogP contribution in [-0.4, -0.2) is 43.7 Å². The van der Waals surface area contributed by atoms with E-state index in [1.165, 1.54) is 40.7 Å². The molecule has 0 radical (unpaired) electrons. The van der Waals surface area contributed by atoms with E-state index in [0.717, 1.165) is 0 Å². The van der Waals surface area contributed by atoms with Crippen LogP contribution in [0.25, 0.3) is 0 Å². The molecule has 2 aliphatic heterocycles. The molecule has 0 spiro atoms. The van der Waals surface area contributed by atoms with Gasteiger partial charge in [-0.25, -0.2) is 12.8 Å². The fourth-order valence-electron chi connectivity index (χ4n) is 3.84. The van der Waals surface area contributed by atoms with Crippen molar-refractivity contribution in [2.75, 3.05) is 23.7 Å². The molecule has 8 nitrogen and oxygen atoms in total. The fourth-order valence-corrected chi connectivity index (χ4v) is 5.34. The fraction of sp³-hybridized carbons (Fsp3) is 0.364. The molecule has 0 saturated carbocycles. The summed E-state index contributed by atoms with van der Waals surface area (Å²) in [4.78, 5) is 24.6. The molecule has 4 rings (SSSR count). The number of carbonyl (C=O) groups is 2. The van der Waals surface area contributed by atoms with Crippen LogP contribution >= 0.6 is 0 Å². The standard InChI is InChI=1S/C22H24FN3O5S/c1-2-19-22(28)25-18-13-17(7-8-20(18)31-19)32(29,30)26-11-9-14(10-12-26)21(27)24-16-5-3-15(23)4-6-16/h3-8,13-14,19H,2,9-12H2,1H3,(H,24,27)(H,25,28). The summed E-state index contributed by atoms with van der Waals surface area (Å²) in [6.45, 7) is 2.22. The molecule has 2 aromatic carbocycles. The maximum atomic E-state index is 13.1. The van der Waals surface area contributed by atoms with Crippen LogP contribution in [0.2, 0.25) is 0 Å². The predicted molar refractivity (Wildman–Crippen MR) is 116 cm³/mol. The minimum Gasteiger partial charge on any atom is -0.478 e. The number of nitrogens with zero attached hydrogens (tertiary/aromatic N) is 1. The highest BCUT2D eigenvalue weighted by molar-refractivity contribution is 7.89. The molecular weight excluding hydrogens is 437 g/mol. The zero-order chi connectivity index (χ0) is 22.9. The molecule has 0 aromatic heterocycles. The summed E-state index contributed by atoms with van der Waals surface area (Å²) in [5.74, 6) is -0.810. The topological polar surface area (TPSA) is 105 Å². The highest BCUT2D eigenvalue weighted by Crippen LogP contribution is 2.34. The van der Waals surface area contributed by atoms with Crippen molar-refractivity contribution in [3.8, 4) is 5.75 Å². The Morgan fingerprint density at radius 3 is 2.53 bits per heavy atom.